The summed E-state index contributed by atoms with van der Waals surface area (Å²) >= 11 is 0. The number of carboxylic acids is 1. The zero-order valence-corrected chi connectivity index (χ0v) is 10.8. The van der Waals surface area contributed by atoms with E-state index < -0.39 is 5.97 Å². The van der Waals surface area contributed by atoms with Crippen LogP contribution in [0.4, 0.5) is 0 Å². The predicted molar refractivity (Wildman–Crippen MR) is 69.9 cm³/mol. The highest BCUT2D eigenvalue weighted by Gasteiger charge is 2.19. The number of carbonyl (C=O) groups is 1. The van der Waals surface area contributed by atoms with Gasteiger partial charge in [-0.25, -0.2) is 9.78 Å². The smallest absolute Gasteiger partial charge is 0.356 e. The predicted octanol–water partition coefficient (Wildman–Crippen LogP) is 0.570. The van der Waals surface area contributed by atoms with E-state index in [0.717, 1.165) is 13.1 Å². The Morgan fingerprint density at radius 2 is 2.15 bits per heavy atom. The Morgan fingerprint density at radius 1 is 1.40 bits per heavy atom. The minimum atomic E-state index is -1.10. The van der Waals surface area contributed by atoms with Gasteiger partial charge in [-0.15, -0.1) is 0 Å². The maximum atomic E-state index is 11.2. The van der Waals surface area contributed by atoms with Crippen molar-refractivity contribution in [3.63, 3.8) is 0 Å². The van der Waals surface area contributed by atoms with Crippen molar-refractivity contribution in [2.24, 2.45) is 0 Å². The van der Waals surface area contributed by atoms with E-state index in [1.807, 2.05) is 0 Å². The van der Waals surface area contributed by atoms with Crippen LogP contribution in [-0.4, -0.2) is 56.8 Å². The van der Waals surface area contributed by atoms with E-state index in [2.05, 4.69) is 9.88 Å². The van der Waals surface area contributed by atoms with Gasteiger partial charge in [0.05, 0.1) is 25.3 Å². The Hall–Kier alpha value is -2.12. The van der Waals surface area contributed by atoms with Gasteiger partial charge in [-0.1, -0.05) is 0 Å². The lowest BCUT2D eigenvalue weighted by molar-refractivity contribution is 0.0329. The number of aromatic carboxylic acids is 1. The summed E-state index contributed by atoms with van der Waals surface area (Å²) in [6.07, 6.45) is 1.64. The molecule has 2 aromatic heterocycles. The van der Waals surface area contributed by atoms with E-state index in [-0.39, 0.29) is 11.4 Å². The minimum absolute atomic E-state index is 0.0258. The van der Waals surface area contributed by atoms with E-state index in [1.54, 1.807) is 10.6 Å². The monoisotopic (exact) mass is 277 g/mol. The number of aromatic nitrogens is 2. The highest BCUT2D eigenvalue weighted by molar-refractivity contribution is 5.94. The number of pyridine rings is 1. The SMILES string of the molecule is O=C(O)c1nc(CN2CCOCC2)n2ccc(O)cc12. The molecule has 0 bridgehead atoms. The summed E-state index contributed by atoms with van der Waals surface area (Å²) in [5.41, 5.74) is 0.366. The van der Waals surface area contributed by atoms with Gasteiger partial charge >= 0.3 is 5.97 Å². The fraction of sp³-hybridized carbons (Fsp3) is 0.385. The number of fused-ring (bicyclic) bond motifs is 1. The third kappa shape index (κ3) is 2.33. The van der Waals surface area contributed by atoms with Crippen LogP contribution in [-0.2, 0) is 11.3 Å². The molecular weight excluding hydrogens is 262 g/mol. The molecule has 0 radical (unpaired) electrons. The number of hydrogen-bond acceptors (Lipinski definition) is 5. The van der Waals surface area contributed by atoms with Crippen LogP contribution in [0.5, 0.6) is 5.75 Å². The standard InChI is InChI=1S/C13H15N3O4/c17-9-1-2-16-10(7-9)12(13(18)19)14-11(16)8-15-3-5-20-6-4-15/h1-2,7,17H,3-6,8H2,(H,18,19). The molecule has 1 fully saturated rings. The maximum Gasteiger partial charge on any atom is 0.356 e. The molecule has 106 valence electrons. The molecule has 1 aliphatic rings. The zero-order chi connectivity index (χ0) is 14.1. The van der Waals surface area contributed by atoms with Crippen molar-refractivity contribution >= 4 is 11.5 Å². The first-order valence-electron chi connectivity index (χ1n) is 6.38. The molecule has 3 heterocycles. The molecule has 3 rings (SSSR count). The third-order valence-corrected chi connectivity index (χ3v) is 3.37. The second-order valence-electron chi connectivity index (χ2n) is 4.71. The van der Waals surface area contributed by atoms with Crippen LogP contribution in [0.2, 0.25) is 0 Å². The van der Waals surface area contributed by atoms with E-state index in [0.29, 0.717) is 31.1 Å². The number of ether oxygens (including phenoxy) is 1. The molecule has 0 aromatic carbocycles. The van der Waals surface area contributed by atoms with Gasteiger partial charge in [0.25, 0.3) is 0 Å². The lowest BCUT2D eigenvalue weighted by atomic mass is 10.3. The minimum Gasteiger partial charge on any atom is -0.508 e. The first-order chi connectivity index (χ1) is 9.65. The van der Waals surface area contributed by atoms with Crippen LogP contribution >= 0.6 is 0 Å². The first-order valence-corrected chi connectivity index (χ1v) is 6.38. The Balaban J connectivity index is 1.99. The molecule has 1 saturated heterocycles. The number of hydrogen-bond donors (Lipinski definition) is 2. The van der Waals surface area contributed by atoms with E-state index in [1.165, 1.54) is 12.1 Å². The van der Waals surface area contributed by atoms with Gasteiger partial charge in [-0.05, 0) is 6.07 Å². The van der Waals surface area contributed by atoms with Crippen molar-refractivity contribution in [1.29, 1.82) is 0 Å². The second-order valence-corrected chi connectivity index (χ2v) is 4.71. The summed E-state index contributed by atoms with van der Waals surface area (Å²) in [6.45, 7) is 3.51. The number of nitrogens with zero attached hydrogens (tertiary/aromatic N) is 3. The summed E-state index contributed by atoms with van der Waals surface area (Å²) < 4.78 is 6.99. The number of imidazole rings is 1. The average molecular weight is 277 g/mol. The number of rotatable bonds is 3. The second kappa shape index (κ2) is 5.10. The summed E-state index contributed by atoms with van der Waals surface area (Å²) in [5.74, 6) is -0.418. The lowest BCUT2D eigenvalue weighted by Crippen LogP contribution is -2.36. The van der Waals surface area contributed by atoms with Crippen molar-refractivity contribution < 1.29 is 19.7 Å². The molecule has 7 nitrogen and oxygen atoms in total. The summed E-state index contributed by atoms with van der Waals surface area (Å²) in [5, 5.41) is 18.7. The van der Waals surface area contributed by atoms with Gasteiger partial charge in [0.1, 0.15) is 11.6 Å². The average Bonchev–Trinajstić information content (AvgIpc) is 2.78. The molecule has 0 aliphatic carbocycles. The van der Waals surface area contributed by atoms with E-state index in [4.69, 9.17) is 4.74 Å². The molecule has 20 heavy (non-hydrogen) atoms. The molecule has 7 heteroatoms. The summed E-state index contributed by atoms with van der Waals surface area (Å²) in [6, 6.07) is 2.93. The molecular formula is C13H15N3O4. The van der Waals surface area contributed by atoms with Crippen LogP contribution < -0.4 is 0 Å². The van der Waals surface area contributed by atoms with Crippen LogP contribution in [0.15, 0.2) is 18.3 Å². The molecule has 0 spiro atoms. The fourth-order valence-corrected chi connectivity index (χ4v) is 2.36. The van der Waals surface area contributed by atoms with Gasteiger partial charge in [-0.3, -0.25) is 4.90 Å². The maximum absolute atomic E-state index is 11.2. The van der Waals surface area contributed by atoms with Crippen molar-refractivity contribution in [1.82, 2.24) is 14.3 Å². The summed E-state index contributed by atoms with van der Waals surface area (Å²) in [4.78, 5) is 17.6. The molecule has 0 saturated carbocycles. The van der Waals surface area contributed by atoms with Gasteiger partial charge in [0.15, 0.2) is 5.69 Å². The largest absolute Gasteiger partial charge is 0.508 e. The zero-order valence-electron chi connectivity index (χ0n) is 10.8. The number of aromatic hydroxyl groups is 1. The summed E-state index contributed by atoms with van der Waals surface area (Å²) in [7, 11) is 0. The van der Waals surface area contributed by atoms with Crippen LogP contribution in [0.1, 0.15) is 16.3 Å². The Morgan fingerprint density at radius 3 is 2.85 bits per heavy atom. The van der Waals surface area contributed by atoms with Crippen molar-refractivity contribution in [2.45, 2.75) is 6.54 Å². The van der Waals surface area contributed by atoms with E-state index >= 15 is 0 Å². The normalized spacial score (nSPS) is 16.6. The van der Waals surface area contributed by atoms with Crippen molar-refractivity contribution in [3.05, 3.63) is 29.8 Å². The molecule has 0 amide bonds. The van der Waals surface area contributed by atoms with Crippen molar-refractivity contribution in [3.8, 4) is 5.75 Å². The lowest BCUT2D eigenvalue weighted by Gasteiger charge is -2.25. The number of carboxylic acid groups (broad SMARTS) is 1. The molecule has 2 aromatic rings. The highest BCUT2D eigenvalue weighted by atomic mass is 16.5. The quantitative estimate of drug-likeness (QED) is 0.853. The van der Waals surface area contributed by atoms with E-state index in [9.17, 15) is 15.0 Å². The molecule has 1 aliphatic heterocycles. The number of morpholine rings is 1. The topological polar surface area (TPSA) is 87.3 Å². The molecule has 0 unspecified atom stereocenters. The van der Waals surface area contributed by atoms with Gasteiger partial charge < -0.3 is 19.4 Å². The molecule has 2 N–H and O–H groups in total. The van der Waals surface area contributed by atoms with Gasteiger partial charge in [0.2, 0.25) is 0 Å². The first kappa shape index (κ1) is 12.9. The van der Waals surface area contributed by atoms with Crippen LogP contribution in [0.25, 0.3) is 5.52 Å². The Labute approximate surface area is 115 Å². The third-order valence-electron chi connectivity index (χ3n) is 3.37. The van der Waals surface area contributed by atoms with Crippen LogP contribution in [0, 0.1) is 0 Å². The Bertz CT molecular complexity index is 646. The van der Waals surface area contributed by atoms with Crippen LogP contribution in [0.3, 0.4) is 0 Å². The fourth-order valence-electron chi connectivity index (χ4n) is 2.36. The van der Waals surface area contributed by atoms with Crippen molar-refractivity contribution in [2.75, 3.05) is 26.3 Å². The highest BCUT2D eigenvalue weighted by Crippen LogP contribution is 2.20. The Kier molecular flexibility index (Phi) is 3.29. The van der Waals surface area contributed by atoms with Gasteiger partial charge in [0, 0.05) is 25.4 Å². The molecule has 0 atom stereocenters. The van der Waals surface area contributed by atoms with Gasteiger partial charge in [-0.2, -0.15) is 0 Å².